The molecule has 0 aliphatic rings. The average molecular weight is 312 g/mol. The number of anilines is 1. The summed E-state index contributed by atoms with van der Waals surface area (Å²) in [7, 11) is 1.85. The third-order valence-corrected chi connectivity index (χ3v) is 2.62. The number of likely N-dealkylation sites (N-methyl/N-ethyl adjacent to an activating group) is 1. The zero-order chi connectivity index (χ0) is 13.5. The second kappa shape index (κ2) is 7.23. The number of aliphatic imine (C=N–C) groups is 1. The Balaban J connectivity index is 2.95. The number of hydrogen-bond acceptors (Lipinski definition) is 4. The van der Waals surface area contributed by atoms with Crippen LogP contribution < -0.4 is 10.6 Å². The van der Waals surface area contributed by atoms with E-state index in [0.717, 1.165) is 16.7 Å². The summed E-state index contributed by atoms with van der Waals surface area (Å²) in [5, 5.41) is 0. The Kier molecular flexibility index (Phi) is 5.94. The molecule has 0 saturated heterocycles. The van der Waals surface area contributed by atoms with Crippen LogP contribution in [0.5, 0.6) is 0 Å². The number of amidine groups is 1. The van der Waals surface area contributed by atoms with Crippen molar-refractivity contribution in [3.8, 4) is 0 Å². The van der Waals surface area contributed by atoms with Crippen LogP contribution >= 0.6 is 15.9 Å². The Morgan fingerprint density at radius 1 is 1.56 bits per heavy atom. The summed E-state index contributed by atoms with van der Waals surface area (Å²) in [5.74, 6) is 1.29. The number of hydrogen-bond donors (Lipinski definition) is 1. The van der Waals surface area contributed by atoms with E-state index in [0.29, 0.717) is 5.95 Å². The summed E-state index contributed by atoms with van der Waals surface area (Å²) in [6, 6.07) is -0.191. The van der Waals surface area contributed by atoms with Crippen LogP contribution in [0, 0.1) is 0 Å². The first-order valence-corrected chi connectivity index (χ1v) is 6.55. The monoisotopic (exact) mass is 311 g/mol. The summed E-state index contributed by atoms with van der Waals surface area (Å²) in [6.07, 6.45) is 8.06. The van der Waals surface area contributed by atoms with Crippen molar-refractivity contribution < 1.29 is 0 Å². The summed E-state index contributed by atoms with van der Waals surface area (Å²) < 4.78 is 0.838. The van der Waals surface area contributed by atoms with Gasteiger partial charge in [0.25, 0.3) is 0 Å². The first kappa shape index (κ1) is 14.8. The molecule has 1 unspecified atom stereocenters. The van der Waals surface area contributed by atoms with Crippen molar-refractivity contribution in [1.29, 1.82) is 0 Å². The molecule has 1 heterocycles. The van der Waals surface area contributed by atoms with E-state index < -0.39 is 0 Å². The maximum atomic E-state index is 5.92. The maximum absolute atomic E-state index is 5.92. The number of rotatable bonds is 4. The van der Waals surface area contributed by atoms with Crippen molar-refractivity contribution in [1.82, 2.24) is 9.97 Å². The van der Waals surface area contributed by atoms with Gasteiger partial charge >= 0.3 is 0 Å². The van der Waals surface area contributed by atoms with E-state index in [1.807, 2.05) is 20.0 Å². The molecule has 18 heavy (non-hydrogen) atoms. The maximum Gasteiger partial charge on any atom is 0.230 e. The van der Waals surface area contributed by atoms with Crippen LogP contribution in [0.2, 0.25) is 0 Å². The number of halogens is 1. The Hall–Kier alpha value is -1.27. The van der Waals surface area contributed by atoms with Gasteiger partial charge in [-0.05, 0) is 29.3 Å². The predicted molar refractivity (Wildman–Crippen MR) is 78.7 cm³/mol. The lowest BCUT2D eigenvalue weighted by Crippen LogP contribution is -2.40. The quantitative estimate of drug-likeness (QED) is 0.684. The van der Waals surface area contributed by atoms with Crippen molar-refractivity contribution in [3.63, 3.8) is 0 Å². The van der Waals surface area contributed by atoms with Gasteiger partial charge in [0.05, 0.1) is 10.5 Å². The van der Waals surface area contributed by atoms with Crippen LogP contribution in [0.4, 0.5) is 5.95 Å². The fourth-order valence-electron chi connectivity index (χ4n) is 1.33. The SMILES string of the molecule is CC/C=C/N=C(C(C)N)N(C)c1ncc(Br)cn1. The molecule has 0 radical (unpaired) electrons. The molecule has 0 bridgehead atoms. The van der Waals surface area contributed by atoms with Gasteiger partial charge in [-0.15, -0.1) is 0 Å². The fourth-order valence-corrected chi connectivity index (χ4v) is 1.53. The average Bonchev–Trinajstić information content (AvgIpc) is 2.34. The third-order valence-electron chi connectivity index (χ3n) is 2.21. The summed E-state index contributed by atoms with van der Waals surface area (Å²) in [5.41, 5.74) is 5.92. The largest absolute Gasteiger partial charge is 0.322 e. The molecule has 1 aromatic heterocycles. The van der Waals surface area contributed by atoms with Crippen molar-refractivity contribution >= 4 is 27.7 Å². The molecule has 5 nitrogen and oxygen atoms in total. The van der Waals surface area contributed by atoms with Gasteiger partial charge in [0.1, 0.15) is 5.84 Å². The molecular formula is C12H18BrN5. The minimum atomic E-state index is -0.191. The molecule has 0 aliphatic heterocycles. The van der Waals surface area contributed by atoms with E-state index in [-0.39, 0.29) is 6.04 Å². The van der Waals surface area contributed by atoms with Gasteiger partial charge in [-0.3, -0.25) is 0 Å². The summed E-state index contributed by atoms with van der Waals surface area (Å²) in [4.78, 5) is 14.6. The topological polar surface area (TPSA) is 67.4 Å². The molecule has 0 fully saturated rings. The van der Waals surface area contributed by atoms with Crippen molar-refractivity contribution in [2.45, 2.75) is 26.3 Å². The Bertz CT molecular complexity index is 425. The molecular weight excluding hydrogens is 294 g/mol. The van der Waals surface area contributed by atoms with Gasteiger partial charge in [0, 0.05) is 25.6 Å². The van der Waals surface area contributed by atoms with Crippen LogP contribution in [-0.2, 0) is 0 Å². The van der Waals surface area contributed by atoms with Crippen LogP contribution in [0.1, 0.15) is 20.3 Å². The lowest BCUT2D eigenvalue weighted by molar-refractivity contribution is 0.921. The van der Waals surface area contributed by atoms with E-state index in [1.165, 1.54) is 0 Å². The van der Waals surface area contributed by atoms with Crippen molar-refractivity contribution in [2.24, 2.45) is 10.7 Å². The molecule has 6 heteroatoms. The number of aromatic nitrogens is 2. The Morgan fingerprint density at radius 2 is 2.17 bits per heavy atom. The van der Waals surface area contributed by atoms with E-state index in [1.54, 1.807) is 23.5 Å². The zero-order valence-corrected chi connectivity index (χ0v) is 12.4. The lowest BCUT2D eigenvalue weighted by atomic mass is 10.3. The molecule has 98 valence electrons. The van der Waals surface area contributed by atoms with Crippen LogP contribution in [0.3, 0.4) is 0 Å². The van der Waals surface area contributed by atoms with Crippen LogP contribution in [0.25, 0.3) is 0 Å². The first-order chi connectivity index (χ1) is 8.56. The molecule has 0 aromatic carbocycles. The predicted octanol–water partition coefficient (Wildman–Crippen LogP) is 2.34. The summed E-state index contributed by atoms with van der Waals surface area (Å²) in [6.45, 7) is 3.94. The molecule has 0 aliphatic carbocycles. The highest BCUT2D eigenvalue weighted by Crippen LogP contribution is 2.11. The van der Waals surface area contributed by atoms with Gasteiger partial charge in [-0.25, -0.2) is 15.0 Å². The van der Waals surface area contributed by atoms with Gasteiger partial charge in [-0.1, -0.05) is 13.0 Å². The first-order valence-electron chi connectivity index (χ1n) is 5.75. The van der Waals surface area contributed by atoms with Crippen LogP contribution in [0.15, 0.2) is 34.1 Å². The molecule has 0 amide bonds. The fraction of sp³-hybridized carbons (Fsp3) is 0.417. The third kappa shape index (κ3) is 4.19. The molecule has 2 N–H and O–H groups in total. The standard InChI is InChI=1S/C12H18BrN5/c1-4-5-6-15-11(9(2)14)18(3)12-16-7-10(13)8-17-12/h5-9H,4,14H2,1-3H3/b6-5+,15-11?. The Morgan fingerprint density at radius 3 is 2.67 bits per heavy atom. The second-order valence-electron chi connectivity index (χ2n) is 3.83. The smallest absolute Gasteiger partial charge is 0.230 e. The van der Waals surface area contributed by atoms with Gasteiger partial charge in [0.15, 0.2) is 0 Å². The highest BCUT2D eigenvalue weighted by Gasteiger charge is 2.14. The van der Waals surface area contributed by atoms with Gasteiger partial charge in [-0.2, -0.15) is 0 Å². The van der Waals surface area contributed by atoms with E-state index in [9.17, 15) is 0 Å². The lowest BCUT2D eigenvalue weighted by Gasteiger charge is -2.21. The summed E-state index contributed by atoms with van der Waals surface area (Å²) >= 11 is 3.30. The number of nitrogens with zero attached hydrogens (tertiary/aromatic N) is 4. The van der Waals surface area contributed by atoms with Gasteiger partial charge in [0.2, 0.25) is 5.95 Å². The molecule has 0 spiro atoms. The molecule has 0 saturated carbocycles. The number of allylic oxidation sites excluding steroid dienone is 1. The Labute approximate surface area is 116 Å². The van der Waals surface area contributed by atoms with E-state index >= 15 is 0 Å². The van der Waals surface area contributed by atoms with Gasteiger partial charge < -0.3 is 10.6 Å². The highest BCUT2D eigenvalue weighted by molar-refractivity contribution is 9.10. The molecule has 1 rings (SSSR count). The number of nitrogens with two attached hydrogens (primary N) is 1. The van der Waals surface area contributed by atoms with E-state index in [4.69, 9.17) is 5.73 Å². The second-order valence-corrected chi connectivity index (χ2v) is 4.74. The molecule has 1 atom stereocenters. The van der Waals surface area contributed by atoms with Crippen molar-refractivity contribution in [2.75, 3.05) is 11.9 Å². The highest BCUT2D eigenvalue weighted by atomic mass is 79.9. The molecule has 1 aromatic rings. The minimum absolute atomic E-state index is 0.191. The van der Waals surface area contributed by atoms with E-state index in [2.05, 4.69) is 37.8 Å². The van der Waals surface area contributed by atoms with Crippen LogP contribution in [-0.4, -0.2) is 28.9 Å². The van der Waals surface area contributed by atoms with Crippen molar-refractivity contribution in [3.05, 3.63) is 29.1 Å². The minimum Gasteiger partial charge on any atom is -0.322 e. The zero-order valence-electron chi connectivity index (χ0n) is 10.8. The normalized spacial score (nSPS) is 13.9.